The predicted molar refractivity (Wildman–Crippen MR) is 166 cm³/mol. The van der Waals surface area contributed by atoms with Crippen LogP contribution in [-0.4, -0.2) is 56.2 Å². The second kappa shape index (κ2) is 20.9. The molecule has 0 aromatic heterocycles. The molecule has 0 amide bonds. The number of hydrogen-bond acceptors (Lipinski definition) is 6. The van der Waals surface area contributed by atoms with Gasteiger partial charge in [0, 0.05) is 0 Å². The number of carboxylic acid groups (broad SMARTS) is 1. The lowest BCUT2D eigenvalue weighted by Gasteiger charge is -2.13. The Hall–Kier alpha value is -3.94. The van der Waals surface area contributed by atoms with E-state index in [0.29, 0.717) is 44.3 Å². The van der Waals surface area contributed by atoms with Crippen molar-refractivity contribution in [1.29, 1.82) is 0 Å². The molecule has 7 nitrogen and oxygen atoms in total. The van der Waals surface area contributed by atoms with Crippen LogP contribution in [0.3, 0.4) is 0 Å². The number of rotatable bonds is 18. The number of hydrogen-bond donors (Lipinski definition) is 1. The highest BCUT2D eigenvalue weighted by Gasteiger charge is 2.12. The Balaban J connectivity index is 0.000000299. The highest BCUT2D eigenvalue weighted by Crippen LogP contribution is 2.20. The van der Waals surface area contributed by atoms with Gasteiger partial charge in [-0.2, -0.15) is 0 Å². The smallest absolute Gasteiger partial charge is 0.338 e. The number of esters is 1. The molecular formula is C35H44O7. The lowest BCUT2D eigenvalue weighted by molar-refractivity contribution is 0.0319. The maximum atomic E-state index is 12.2. The molecule has 0 radical (unpaired) electrons. The van der Waals surface area contributed by atoms with E-state index in [1.54, 1.807) is 18.2 Å². The second-order valence-electron chi connectivity index (χ2n) is 9.66. The van der Waals surface area contributed by atoms with Crippen molar-refractivity contribution >= 4 is 11.9 Å². The molecule has 0 aliphatic rings. The van der Waals surface area contributed by atoms with Crippen LogP contribution in [0.1, 0.15) is 66.7 Å². The van der Waals surface area contributed by atoms with Crippen molar-refractivity contribution in [3.63, 3.8) is 0 Å². The first-order chi connectivity index (χ1) is 20.4. The largest absolute Gasteiger partial charge is 0.491 e. The van der Waals surface area contributed by atoms with Gasteiger partial charge >= 0.3 is 11.9 Å². The molecule has 0 fully saturated rings. The van der Waals surface area contributed by atoms with Crippen LogP contribution in [0.2, 0.25) is 0 Å². The van der Waals surface area contributed by atoms with Gasteiger partial charge in [0.25, 0.3) is 0 Å². The average Bonchev–Trinajstić information content (AvgIpc) is 3.01. The molecule has 1 atom stereocenters. The van der Waals surface area contributed by atoms with E-state index in [4.69, 9.17) is 24.1 Å². The van der Waals surface area contributed by atoms with Crippen LogP contribution in [0.5, 0.6) is 5.75 Å². The molecule has 0 aliphatic heterocycles. The Morgan fingerprint density at radius 2 is 1.40 bits per heavy atom. The van der Waals surface area contributed by atoms with E-state index in [2.05, 4.69) is 25.6 Å². The number of carbonyl (C=O) groups excluding carboxylic acids is 1. The lowest BCUT2D eigenvalue weighted by atomic mass is 10.0. The topological polar surface area (TPSA) is 91.3 Å². The molecule has 3 rings (SSSR count). The van der Waals surface area contributed by atoms with Gasteiger partial charge in [0.15, 0.2) is 0 Å². The van der Waals surface area contributed by atoms with Crippen LogP contribution in [-0.2, 0) is 14.2 Å². The fourth-order valence-corrected chi connectivity index (χ4v) is 3.90. The van der Waals surface area contributed by atoms with Crippen LogP contribution < -0.4 is 4.74 Å². The Bertz CT molecular complexity index is 1160. The predicted octanol–water partition coefficient (Wildman–Crippen LogP) is 7.85. The van der Waals surface area contributed by atoms with Crippen LogP contribution in [0, 0.1) is 0 Å². The summed E-state index contributed by atoms with van der Waals surface area (Å²) in [7, 11) is 0. The number of ether oxygens (including phenoxy) is 4. The first-order valence-electron chi connectivity index (χ1n) is 14.5. The molecule has 1 N–H and O–H groups in total. The summed E-state index contributed by atoms with van der Waals surface area (Å²) in [6.07, 6.45) is 7.41. The molecule has 0 unspecified atom stereocenters. The molecule has 0 aliphatic carbocycles. The minimum Gasteiger partial charge on any atom is -0.491 e. The van der Waals surface area contributed by atoms with Gasteiger partial charge < -0.3 is 24.1 Å². The van der Waals surface area contributed by atoms with E-state index in [9.17, 15) is 9.59 Å². The summed E-state index contributed by atoms with van der Waals surface area (Å²) in [5, 5.41) is 8.73. The van der Waals surface area contributed by atoms with Gasteiger partial charge in [-0.15, -0.1) is 6.58 Å². The van der Waals surface area contributed by atoms with Crippen LogP contribution in [0.25, 0.3) is 11.1 Å². The van der Waals surface area contributed by atoms with Crippen molar-refractivity contribution in [3.05, 3.63) is 103 Å². The average molecular weight is 577 g/mol. The molecule has 0 saturated carbocycles. The van der Waals surface area contributed by atoms with Gasteiger partial charge in [0.2, 0.25) is 0 Å². The van der Waals surface area contributed by atoms with Crippen molar-refractivity contribution in [1.82, 2.24) is 0 Å². The highest BCUT2D eigenvalue weighted by molar-refractivity contribution is 5.90. The molecule has 0 bridgehead atoms. The first-order valence-corrected chi connectivity index (χ1v) is 14.5. The van der Waals surface area contributed by atoms with Gasteiger partial charge in [0.1, 0.15) is 12.4 Å². The van der Waals surface area contributed by atoms with E-state index in [0.717, 1.165) is 24.0 Å². The minimum atomic E-state index is -0.950. The monoisotopic (exact) mass is 576 g/mol. The summed E-state index contributed by atoms with van der Waals surface area (Å²) in [4.78, 5) is 22.8. The highest BCUT2D eigenvalue weighted by atomic mass is 16.5. The summed E-state index contributed by atoms with van der Waals surface area (Å²) < 4.78 is 21.3. The first kappa shape index (κ1) is 34.3. The number of unbranched alkanes of at least 4 members (excludes halogenated alkanes) is 3. The van der Waals surface area contributed by atoms with Crippen LogP contribution in [0.15, 0.2) is 91.5 Å². The molecule has 3 aromatic carbocycles. The number of carbonyl (C=O) groups is 2. The Morgan fingerprint density at radius 3 is 2.05 bits per heavy atom. The van der Waals surface area contributed by atoms with Crippen molar-refractivity contribution in [2.45, 2.75) is 52.1 Å². The quantitative estimate of drug-likeness (QED) is 0.0936. The van der Waals surface area contributed by atoms with E-state index in [-0.39, 0.29) is 17.6 Å². The third-order valence-electron chi connectivity index (χ3n) is 6.21. The fourth-order valence-electron chi connectivity index (χ4n) is 3.90. The van der Waals surface area contributed by atoms with Gasteiger partial charge in [-0.05, 0) is 67.3 Å². The maximum absolute atomic E-state index is 12.2. The van der Waals surface area contributed by atoms with Crippen LogP contribution >= 0.6 is 0 Å². The van der Waals surface area contributed by atoms with Gasteiger partial charge in [-0.3, -0.25) is 0 Å². The molecule has 0 heterocycles. The Morgan fingerprint density at radius 1 is 0.786 bits per heavy atom. The lowest BCUT2D eigenvalue weighted by Crippen LogP contribution is -2.15. The summed E-state index contributed by atoms with van der Waals surface area (Å²) in [6.45, 7) is 10.1. The van der Waals surface area contributed by atoms with E-state index in [1.165, 1.54) is 31.4 Å². The zero-order chi connectivity index (χ0) is 30.4. The summed E-state index contributed by atoms with van der Waals surface area (Å²) >= 11 is 0. The molecule has 0 saturated heterocycles. The number of benzene rings is 3. The molecule has 226 valence electrons. The minimum absolute atomic E-state index is 0.0202. The number of carboxylic acids is 1. The normalized spacial score (nSPS) is 11.1. The Kier molecular flexibility index (Phi) is 17.0. The van der Waals surface area contributed by atoms with E-state index >= 15 is 0 Å². The molecule has 0 spiro atoms. The van der Waals surface area contributed by atoms with E-state index < -0.39 is 5.97 Å². The standard InChI is InChI=1S/C21H26O2.C14H18O5/c1-3-4-5-7-10-17(2)23-21(22)20-15-13-19(14-16-20)18-11-8-6-9-12-18;1-2-7-17-8-9-18-10-11-19-13-5-3-12(4-6-13)14(15)16/h6,8-9,11-17H,3-5,7,10H2,1-2H3;2-6H,1,7-11H2,(H,15,16)/t17-;/m1./s1. The van der Waals surface area contributed by atoms with Crippen LogP contribution in [0.4, 0.5) is 0 Å². The third kappa shape index (κ3) is 14.1. The molecule has 3 aromatic rings. The molecule has 42 heavy (non-hydrogen) atoms. The van der Waals surface area contributed by atoms with Gasteiger partial charge in [-0.25, -0.2) is 9.59 Å². The zero-order valence-electron chi connectivity index (χ0n) is 24.8. The maximum Gasteiger partial charge on any atom is 0.338 e. The SMILES string of the molecule is C=CCOCCOCCOc1ccc(C(=O)O)cc1.CCCCCC[C@@H](C)OC(=O)c1ccc(-c2ccccc2)cc1. The zero-order valence-corrected chi connectivity index (χ0v) is 24.8. The molecule has 7 heteroatoms. The summed E-state index contributed by atoms with van der Waals surface area (Å²) in [5.74, 6) is -0.557. The van der Waals surface area contributed by atoms with Crippen molar-refractivity contribution < 1.29 is 33.6 Å². The summed E-state index contributed by atoms with van der Waals surface area (Å²) in [5.41, 5.74) is 3.11. The van der Waals surface area contributed by atoms with Gasteiger partial charge in [-0.1, -0.05) is 74.7 Å². The Labute approximate surface area is 250 Å². The van der Waals surface area contributed by atoms with Crippen molar-refractivity contribution in [3.8, 4) is 16.9 Å². The fraction of sp³-hybridized carbons (Fsp3) is 0.371. The molecular weight excluding hydrogens is 532 g/mol. The van der Waals surface area contributed by atoms with Gasteiger partial charge in [0.05, 0.1) is 43.7 Å². The van der Waals surface area contributed by atoms with Crippen molar-refractivity contribution in [2.75, 3.05) is 33.0 Å². The third-order valence-corrected chi connectivity index (χ3v) is 6.21. The summed E-state index contributed by atoms with van der Waals surface area (Å²) in [6, 6.07) is 24.0. The van der Waals surface area contributed by atoms with E-state index in [1.807, 2.05) is 49.4 Å². The second-order valence-corrected chi connectivity index (χ2v) is 9.66. The van der Waals surface area contributed by atoms with Crippen molar-refractivity contribution in [2.24, 2.45) is 0 Å². The number of aromatic carboxylic acids is 1.